The zero-order chi connectivity index (χ0) is 17.8. The molecule has 2 aliphatic rings. The Hall–Kier alpha value is -2.50. The molecule has 6 nitrogen and oxygen atoms in total. The third kappa shape index (κ3) is 4.53. The van der Waals surface area contributed by atoms with Crippen molar-refractivity contribution >= 4 is 18.0 Å². The van der Waals surface area contributed by atoms with Crippen LogP contribution in [0, 0.1) is 11.8 Å². The highest BCUT2D eigenvalue weighted by Crippen LogP contribution is 2.32. The third-order valence-electron chi connectivity index (χ3n) is 4.37. The van der Waals surface area contributed by atoms with Crippen molar-refractivity contribution in [3.05, 3.63) is 29.8 Å². The Kier molecular flexibility index (Phi) is 5.26. The van der Waals surface area contributed by atoms with Crippen LogP contribution in [0.5, 0.6) is 11.5 Å². The molecule has 0 aromatic heterocycles. The second-order valence-corrected chi connectivity index (χ2v) is 6.80. The van der Waals surface area contributed by atoms with E-state index in [0.29, 0.717) is 23.3 Å². The molecule has 0 aliphatic carbocycles. The summed E-state index contributed by atoms with van der Waals surface area (Å²) in [6.45, 7) is 5.72. The highest BCUT2D eigenvalue weighted by molar-refractivity contribution is 5.89. The summed E-state index contributed by atoms with van der Waals surface area (Å²) in [6.07, 6.45) is 4.06. The van der Waals surface area contributed by atoms with E-state index in [2.05, 4.69) is 13.8 Å². The third-order valence-corrected chi connectivity index (χ3v) is 4.37. The van der Waals surface area contributed by atoms with Gasteiger partial charge in [-0.15, -0.1) is 0 Å². The predicted molar refractivity (Wildman–Crippen MR) is 92.1 cm³/mol. The zero-order valence-electron chi connectivity index (χ0n) is 14.6. The maximum Gasteiger partial charge on any atom is 0.331 e. The number of amides is 1. The topological polar surface area (TPSA) is 65.1 Å². The summed E-state index contributed by atoms with van der Waals surface area (Å²) >= 11 is 0. The van der Waals surface area contributed by atoms with Gasteiger partial charge in [0.1, 0.15) is 0 Å². The van der Waals surface area contributed by atoms with E-state index in [1.54, 1.807) is 23.1 Å². The lowest BCUT2D eigenvalue weighted by atomic mass is 9.92. The average molecular weight is 345 g/mol. The molecule has 2 aliphatic heterocycles. The summed E-state index contributed by atoms with van der Waals surface area (Å²) < 4.78 is 15.6. The molecule has 1 saturated heterocycles. The summed E-state index contributed by atoms with van der Waals surface area (Å²) in [6, 6.07) is 5.39. The van der Waals surface area contributed by atoms with Crippen LogP contribution in [0.25, 0.3) is 6.08 Å². The van der Waals surface area contributed by atoms with Crippen molar-refractivity contribution in [2.45, 2.75) is 20.3 Å². The SMILES string of the molecule is CC1CC(C)CN(C(=O)COC(=O)/C=C/c2ccc3c(c2)OCO3)C1. The van der Waals surface area contributed by atoms with Crippen LogP contribution in [-0.2, 0) is 14.3 Å². The molecule has 0 saturated carbocycles. The summed E-state index contributed by atoms with van der Waals surface area (Å²) in [5.74, 6) is 1.63. The van der Waals surface area contributed by atoms with Gasteiger partial charge in [0.2, 0.25) is 6.79 Å². The van der Waals surface area contributed by atoms with Gasteiger partial charge in [0.05, 0.1) is 0 Å². The minimum absolute atomic E-state index is 0.136. The largest absolute Gasteiger partial charge is 0.454 e. The smallest absolute Gasteiger partial charge is 0.331 e. The summed E-state index contributed by atoms with van der Waals surface area (Å²) in [5.41, 5.74) is 0.797. The van der Waals surface area contributed by atoms with Crippen LogP contribution in [0.1, 0.15) is 25.8 Å². The number of hydrogen-bond donors (Lipinski definition) is 0. The van der Waals surface area contributed by atoms with Gasteiger partial charge in [-0.2, -0.15) is 0 Å². The highest BCUT2D eigenvalue weighted by atomic mass is 16.7. The number of likely N-dealkylation sites (tertiary alicyclic amines) is 1. The molecule has 1 amide bonds. The van der Waals surface area contributed by atoms with E-state index in [0.717, 1.165) is 25.1 Å². The van der Waals surface area contributed by atoms with E-state index in [-0.39, 0.29) is 19.3 Å². The molecule has 1 fully saturated rings. The summed E-state index contributed by atoms with van der Waals surface area (Å²) in [7, 11) is 0. The van der Waals surface area contributed by atoms with Crippen molar-refractivity contribution in [2.24, 2.45) is 11.8 Å². The van der Waals surface area contributed by atoms with Crippen LogP contribution in [0.2, 0.25) is 0 Å². The van der Waals surface area contributed by atoms with Crippen molar-refractivity contribution in [1.82, 2.24) is 4.90 Å². The predicted octanol–water partition coefficient (Wildman–Crippen LogP) is 2.48. The number of hydrogen-bond acceptors (Lipinski definition) is 5. The van der Waals surface area contributed by atoms with Crippen LogP contribution in [0.3, 0.4) is 0 Å². The number of carbonyl (C=O) groups excluding carboxylic acids is 2. The zero-order valence-corrected chi connectivity index (χ0v) is 14.6. The lowest BCUT2D eigenvalue weighted by Gasteiger charge is -2.34. The number of benzene rings is 1. The van der Waals surface area contributed by atoms with E-state index >= 15 is 0 Å². The van der Waals surface area contributed by atoms with Crippen molar-refractivity contribution in [3.8, 4) is 11.5 Å². The molecular formula is C19H23NO5. The minimum atomic E-state index is -0.538. The van der Waals surface area contributed by atoms with Gasteiger partial charge in [0, 0.05) is 19.2 Å². The fraction of sp³-hybridized carbons (Fsp3) is 0.474. The Bertz CT molecular complexity index is 674. The second kappa shape index (κ2) is 7.59. The molecule has 1 aromatic carbocycles. The van der Waals surface area contributed by atoms with Gasteiger partial charge in [-0.3, -0.25) is 4.79 Å². The molecule has 0 bridgehead atoms. The van der Waals surface area contributed by atoms with Gasteiger partial charge in [-0.25, -0.2) is 4.79 Å². The minimum Gasteiger partial charge on any atom is -0.454 e. The maximum atomic E-state index is 12.2. The van der Waals surface area contributed by atoms with Gasteiger partial charge >= 0.3 is 5.97 Å². The van der Waals surface area contributed by atoms with Gasteiger partial charge in [-0.05, 0) is 42.0 Å². The fourth-order valence-corrected chi connectivity index (χ4v) is 3.32. The normalized spacial score (nSPS) is 22.2. The molecule has 0 spiro atoms. The van der Waals surface area contributed by atoms with E-state index in [1.807, 2.05) is 6.07 Å². The van der Waals surface area contributed by atoms with Crippen molar-refractivity contribution < 1.29 is 23.8 Å². The lowest BCUT2D eigenvalue weighted by Crippen LogP contribution is -2.44. The Balaban J connectivity index is 1.48. The molecule has 1 aromatic rings. The molecule has 2 unspecified atom stereocenters. The number of nitrogens with zero attached hydrogens (tertiary/aromatic N) is 1. The molecule has 2 atom stereocenters. The van der Waals surface area contributed by atoms with Gasteiger partial charge in [0.25, 0.3) is 5.91 Å². The Morgan fingerprint density at radius 1 is 1.20 bits per heavy atom. The van der Waals surface area contributed by atoms with Crippen LogP contribution in [0.15, 0.2) is 24.3 Å². The molecule has 2 heterocycles. The van der Waals surface area contributed by atoms with Crippen LogP contribution in [-0.4, -0.2) is 43.3 Å². The van der Waals surface area contributed by atoms with E-state index in [4.69, 9.17) is 14.2 Å². The monoisotopic (exact) mass is 345 g/mol. The first-order valence-electron chi connectivity index (χ1n) is 8.53. The number of carbonyl (C=O) groups is 2. The summed E-state index contributed by atoms with van der Waals surface area (Å²) in [5, 5.41) is 0. The van der Waals surface area contributed by atoms with E-state index in [9.17, 15) is 9.59 Å². The first-order valence-corrected chi connectivity index (χ1v) is 8.53. The maximum absolute atomic E-state index is 12.2. The van der Waals surface area contributed by atoms with Crippen molar-refractivity contribution in [1.29, 1.82) is 0 Å². The molecule has 25 heavy (non-hydrogen) atoms. The Labute approximate surface area is 147 Å². The Morgan fingerprint density at radius 2 is 1.92 bits per heavy atom. The van der Waals surface area contributed by atoms with Crippen LogP contribution < -0.4 is 9.47 Å². The standard InChI is InChI=1S/C19H23NO5/c1-13-7-14(2)10-20(9-13)18(21)11-23-19(22)6-4-15-3-5-16-17(8-15)25-12-24-16/h3-6,8,13-14H,7,9-12H2,1-2H3/b6-4+. The number of piperidine rings is 1. The number of ether oxygens (including phenoxy) is 3. The quantitative estimate of drug-likeness (QED) is 0.620. The molecule has 0 radical (unpaired) electrons. The van der Waals surface area contributed by atoms with Gasteiger partial charge in [-0.1, -0.05) is 19.9 Å². The van der Waals surface area contributed by atoms with Gasteiger partial charge in [0.15, 0.2) is 18.1 Å². The molecular weight excluding hydrogens is 322 g/mol. The first kappa shape index (κ1) is 17.3. The molecule has 0 N–H and O–H groups in total. The van der Waals surface area contributed by atoms with Crippen molar-refractivity contribution in [2.75, 3.05) is 26.5 Å². The molecule has 6 heteroatoms. The van der Waals surface area contributed by atoms with Crippen LogP contribution >= 0.6 is 0 Å². The first-order chi connectivity index (χ1) is 12.0. The van der Waals surface area contributed by atoms with Gasteiger partial charge < -0.3 is 19.1 Å². The van der Waals surface area contributed by atoms with E-state index in [1.165, 1.54) is 6.08 Å². The molecule has 3 rings (SSSR count). The van der Waals surface area contributed by atoms with Crippen LogP contribution in [0.4, 0.5) is 0 Å². The number of esters is 1. The Morgan fingerprint density at radius 3 is 2.68 bits per heavy atom. The second-order valence-electron chi connectivity index (χ2n) is 6.80. The average Bonchev–Trinajstić information content (AvgIpc) is 3.04. The highest BCUT2D eigenvalue weighted by Gasteiger charge is 2.25. The lowest BCUT2D eigenvalue weighted by molar-refractivity contribution is -0.149. The summed E-state index contributed by atoms with van der Waals surface area (Å²) in [4.78, 5) is 25.8. The number of rotatable bonds is 4. The fourth-order valence-electron chi connectivity index (χ4n) is 3.32. The number of fused-ring (bicyclic) bond motifs is 1. The molecule has 134 valence electrons. The van der Waals surface area contributed by atoms with E-state index < -0.39 is 5.97 Å². The van der Waals surface area contributed by atoms with Crippen molar-refractivity contribution in [3.63, 3.8) is 0 Å².